The van der Waals surface area contributed by atoms with Crippen LogP contribution in [0.4, 0.5) is 0 Å². The van der Waals surface area contributed by atoms with Crippen LogP contribution < -0.4 is 11.1 Å². The lowest BCUT2D eigenvalue weighted by Crippen LogP contribution is -2.64. The summed E-state index contributed by atoms with van der Waals surface area (Å²) in [5.41, 5.74) is 3.71. The van der Waals surface area contributed by atoms with E-state index in [0.717, 1.165) is 0 Å². The van der Waals surface area contributed by atoms with E-state index in [1.807, 2.05) is 0 Å². The molecule has 7 nitrogen and oxygen atoms in total. The lowest BCUT2D eigenvalue weighted by atomic mass is 9.96. The van der Waals surface area contributed by atoms with Gasteiger partial charge < -0.3 is 11.1 Å². The zero-order valence-corrected chi connectivity index (χ0v) is 10.4. The molecule has 102 valence electrons. The second-order valence-corrected chi connectivity index (χ2v) is 4.40. The minimum Gasteiger partial charge on any atom is -0.362 e. The third kappa shape index (κ3) is 2.18. The first-order valence-corrected chi connectivity index (χ1v) is 6.06. The highest BCUT2D eigenvalue weighted by atomic mass is 16.6. The number of amides is 1. The van der Waals surface area contributed by atoms with Crippen molar-refractivity contribution in [3.05, 3.63) is 46.0 Å². The van der Waals surface area contributed by atoms with Gasteiger partial charge in [-0.05, 0) is 12.1 Å². The van der Waals surface area contributed by atoms with E-state index in [0.29, 0.717) is 31.7 Å². The smallest absolute Gasteiger partial charge is 0.362 e. The molecule has 1 heterocycles. The molecule has 1 aromatic carbocycles. The van der Waals surface area contributed by atoms with Crippen molar-refractivity contribution in [3.63, 3.8) is 0 Å². The van der Waals surface area contributed by atoms with Crippen LogP contribution in [0, 0.1) is 10.1 Å². The largest absolute Gasteiger partial charge is 0.380 e. The molecule has 0 saturated carbocycles. The summed E-state index contributed by atoms with van der Waals surface area (Å²) in [4.78, 5) is 24.4. The van der Waals surface area contributed by atoms with E-state index in [9.17, 15) is 14.9 Å². The van der Waals surface area contributed by atoms with Gasteiger partial charge in [0.2, 0.25) is 0 Å². The third-order valence-electron chi connectivity index (χ3n) is 3.36. The quantitative estimate of drug-likeness (QED) is 0.564. The van der Waals surface area contributed by atoms with Crippen LogP contribution in [0.15, 0.2) is 30.3 Å². The molecular weight excluding hydrogens is 248 g/mol. The summed E-state index contributed by atoms with van der Waals surface area (Å²) in [5.74, 6) is -0.953. The Kier molecular flexibility index (Phi) is 3.77. The summed E-state index contributed by atoms with van der Waals surface area (Å²) in [7, 11) is 0. The van der Waals surface area contributed by atoms with Crippen molar-refractivity contribution >= 4 is 5.91 Å². The molecule has 0 radical (unpaired) electrons. The van der Waals surface area contributed by atoms with Crippen LogP contribution in [0.2, 0.25) is 0 Å². The summed E-state index contributed by atoms with van der Waals surface area (Å²) in [6.45, 7) is 1.99. The van der Waals surface area contributed by atoms with Gasteiger partial charge in [0.1, 0.15) is 0 Å². The molecule has 3 N–H and O–H groups in total. The fourth-order valence-electron chi connectivity index (χ4n) is 2.45. The Labute approximate surface area is 110 Å². The number of carbonyl (C=O) groups excluding carboxylic acids is 1. The van der Waals surface area contributed by atoms with Crippen molar-refractivity contribution in [2.45, 2.75) is 5.66 Å². The van der Waals surface area contributed by atoms with Crippen LogP contribution in [0.3, 0.4) is 0 Å². The Hall–Kier alpha value is -1.99. The first kappa shape index (κ1) is 13.4. The number of nitrogens with one attached hydrogen (secondary N) is 1. The zero-order chi connectivity index (χ0) is 13.9. The van der Waals surface area contributed by atoms with E-state index in [1.54, 1.807) is 30.3 Å². The molecule has 1 saturated heterocycles. The van der Waals surface area contributed by atoms with Crippen LogP contribution >= 0.6 is 0 Å². The third-order valence-corrected chi connectivity index (χ3v) is 3.36. The number of rotatable bonds is 4. The van der Waals surface area contributed by atoms with Crippen molar-refractivity contribution in [2.75, 3.05) is 26.2 Å². The first-order chi connectivity index (χ1) is 9.10. The number of primary amides is 1. The standard InChI is InChI=1S/C12H16N4O3/c13-11(17)12(16(18)19,10-4-2-1-3-5-10)15-8-6-14-7-9-15/h1-5,14H,6-9H2,(H2,13,17). The number of carbonyl (C=O) groups is 1. The Bertz CT molecular complexity index is 457. The van der Waals surface area contributed by atoms with Crippen molar-refractivity contribution in [1.29, 1.82) is 0 Å². The normalized spacial score (nSPS) is 19.6. The molecule has 1 fully saturated rings. The summed E-state index contributed by atoms with van der Waals surface area (Å²) in [5, 5.41) is 14.7. The van der Waals surface area contributed by atoms with Crippen LogP contribution in [-0.4, -0.2) is 41.9 Å². The Morgan fingerprint density at radius 3 is 2.37 bits per heavy atom. The molecule has 0 bridgehead atoms. The van der Waals surface area contributed by atoms with Gasteiger partial charge in [0.25, 0.3) is 0 Å². The average molecular weight is 264 g/mol. The molecule has 1 amide bonds. The van der Waals surface area contributed by atoms with Crippen molar-refractivity contribution < 1.29 is 9.72 Å². The molecule has 0 aromatic heterocycles. The number of nitrogens with zero attached hydrogens (tertiary/aromatic N) is 2. The average Bonchev–Trinajstić information content (AvgIpc) is 2.41. The maximum absolute atomic E-state index is 11.9. The topological polar surface area (TPSA) is 102 Å². The molecule has 1 unspecified atom stereocenters. The van der Waals surface area contributed by atoms with Gasteiger partial charge in [0, 0.05) is 26.2 Å². The maximum Gasteiger partial charge on any atom is 0.380 e. The lowest BCUT2D eigenvalue weighted by molar-refractivity contribution is -0.592. The van der Waals surface area contributed by atoms with Gasteiger partial charge in [-0.3, -0.25) is 14.9 Å². The minimum atomic E-state index is -1.98. The molecule has 1 aromatic rings. The number of benzene rings is 1. The molecule has 7 heteroatoms. The second kappa shape index (κ2) is 5.33. The van der Waals surface area contributed by atoms with Crippen LogP contribution in [-0.2, 0) is 10.5 Å². The van der Waals surface area contributed by atoms with Gasteiger partial charge in [-0.25, -0.2) is 4.90 Å². The number of hydrogen-bond acceptors (Lipinski definition) is 5. The Morgan fingerprint density at radius 1 is 1.32 bits per heavy atom. The van der Waals surface area contributed by atoms with Gasteiger partial charge in [0.05, 0.1) is 10.5 Å². The Morgan fingerprint density at radius 2 is 1.89 bits per heavy atom. The Balaban J connectivity index is 2.53. The second-order valence-electron chi connectivity index (χ2n) is 4.40. The van der Waals surface area contributed by atoms with E-state index >= 15 is 0 Å². The summed E-state index contributed by atoms with van der Waals surface area (Å²) in [6.07, 6.45) is 0. The minimum absolute atomic E-state index is 0.300. The van der Waals surface area contributed by atoms with E-state index < -0.39 is 16.5 Å². The molecule has 1 atom stereocenters. The number of hydrogen-bond donors (Lipinski definition) is 2. The highest BCUT2D eigenvalue weighted by molar-refractivity contribution is 5.84. The highest BCUT2D eigenvalue weighted by Crippen LogP contribution is 2.29. The fourth-order valence-corrected chi connectivity index (χ4v) is 2.45. The van der Waals surface area contributed by atoms with E-state index in [-0.39, 0.29) is 0 Å². The summed E-state index contributed by atoms with van der Waals surface area (Å²) < 4.78 is 0. The lowest BCUT2D eigenvalue weighted by Gasteiger charge is -2.36. The molecule has 0 aliphatic carbocycles. The van der Waals surface area contributed by atoms with Crippen molar-refractivity contribution in [3.8, 4) is 0 Å². The number of piperazine rings is 1. The number of nitrogens with two attached hydrogens (primary N) is 1. The van der Waals surface area contributed by atoms with Gasteiger partial charge in [-0.1, -0.05) is 18.2 Å². The fraction of sp³-hybridized carbons (Fsp3) is 0.417. The molecular formula is C12H16N4O3. The van der Waals surface area contributed by atoms with Crippen molar-refractivity contribution in [2.24, 2.45) is 5.73 Å². The maximum atomic E-state index is 11.9. The first-order valence-electron chi connectivity index (χ1n) is 6.06. The SMILES string of the molecule is NC(=O)C(c1ccccc1)(N1CCNCC1)[N+](=O)[O-]. The van der Waals surface area contributed by atoms with Gasteiger partial charge >= 0.3 is 11.6 Å². The van der Waals surface area contributed by atoms with E-state index in [1.165, 1.54) is 4.90 Å². The van der Waals surface area contributed by atoms with Gasteiger partial charge in [-0.2, -0.15) is 0 Å². The van der Waals surface area contributed by atoms with Gasteiger partial charge in [-0.15, -0.1) is 0 Å². The molecule has 0 spiro atoms. The van der Waals surface area contributed by atoms with E-state index in [4.69, 9.17) is 5.73 Å². The number of nitro groups is 1. The predicted octanol–water partition coefficient (Wildman–Crippen LogP) is -0.493. The van der Waals surface area contributed by atoms with Crippen LogP contribution in [0.5, 0.6) is 0 Å². The molecule has 1 aliphatic heterocycles. The zero-order valence-electron chi connectivity index (χ0n) is 10.4. The van der Waals surface area contributed by atoms with Crippen LogP contribution in [0.1, 0.15) is 5.56 Å². The monoisotopic (exact) mass is 264 g/mol. The van der Waals surface area contributed by atoms with Crippen LogP contribution in [0.25, 0.3) is 0 Å². The highest BCUT2D eigenvalue weighted by Gasteiger charge is 2.56. The summed E-state index contributed by atoms with van der Waals surface area (Å²) >= 11 is 0. The van der Waals surface area contributed by atoms with E-state index in [2.05, 4.69) is 5.32 Å². The van der Waals surface area contributed by atoms with Crippen molar-refractivity contribution in [1.82, 2.24) is 10.2 Å². The van der Waals surface area contributed by atoms with Gasteiger partial charge in [0.15, 0.2) is 0 Å². The predicted molar refractivity (Wildman–Crippen MR) is 68.8 cm³/mol. The molecule has 19 heavy (non-hydrogen) atoms. The molecule has 1 aliphatic rings. The molecule has 2 rings (SSSR count). The summed E-state index contributed by atoms with van der Waals surface area (Å²) in [6, 6.07) is 8.20.